The first-order valence-electron chi connectivity index (χ1n) is 7.93. The largest absolute Gasteiger partial charge is 0.497 e. The van der Waals surface area contributed by atoms with E-state index >= 15 is 0 Å². The Morgan fingerprint density at radius 1 is 1.12 bits per heavy atom. The number of carbonyl (C=O) groups is 1. The molecule has 25 heavy (non-hydrogen) atoms. The number of methoxy groups -OCH3 is 1. The van der Waals surface area contributed by atoms with E-state index in [0.29, 0.717) is 12.4 Å². The molecule has 1 N–H and O–H groups in total. The highest BCUT2D eigenvalue weighted by Crippen LogP contribution is 2.12. The van der Waals surface area contributed by atoms with E-state index in [1.165, 1.54) is 6.08 Å². The van der Waals surface area contributed by atoms with Gasteiger partial charge in [0.1, 0.15) is 5.75 Å². The molecule has 2 aromatic carbocycles. The van der Waals surface area contributed by atoms with Crippen molar-refractivity contribution >= 4 is 17.8 Å². The quantitative estimate of drug-likeness (QED) is 0.701. The van der Waals surface area contributed by atoms with Gasteiger partial charge in [0.2, 0.25) is 5.91 Å². The number of aromatic nitrogens is 2. The van der Waals surface area contributed by atoms with Crippen LogP contribution in [0, 0.1) is 0 Å². The van der Waals surface area contributed by atoms with Gasteiger partial charge in [0.15, 0.2) is 5.82 Å². The van der Waals surface area contributed by atoms with Crippen LogP contribution in [0.15, 0.2) is 72.9 Å². The fraction of sp³-hybridized carbons (Fsp3) is 0.100. The average Bonchev–Trinajstić information content (AvgIpc) is 3.08. The van der Waals surface area contributed by atoms with Gasteiger partial charge in [-0.15, -0.1) is 0 Å². The lowest BCUT2D eigenvalue weighted by molar-refractivity contribution is -0.111. The number of anilines is 1. The molecule has 0 radical (unpaired) electrons. The summed E-state index contributed by atoms with van der Waals surface area (Å²) in [6.45, 7) is 0.665. The zero-order valence-corrected chi connectivity index (χ0v) is 13.9. The predicted octanol–water partition coefficient (Wildman–Crippen LogP) is 3.59. The monoisotopic (exact) mass is 333 g/mol. The maximum atomic E-state index is 12.0. The number of nitrogens with zero attached hydrogens (tertiary/aromatic N) is 2. The van der Waals surface area contributed by atoms with Gasteiger partial charge in [-0.05, 0) is 29.3 Å². The van der Waals surface area contributed by atoms with E-state index in [4.69, 9.17) is 4.74 Å². The fourth-order valence-electron chi connectivity index (χ4n) is 2.34. The van der Waals surface area contributed by atoms with Crippen LogP contribution in [0.4, 0.5) is 5.82 Å². The second-order valence-corrected chi connectivity index (χ2v) is 5.48. The SMILES string of the molecule is COc1ccc(/C=C/C(=O)Nc2ccn(Cc3ccccc3)n2)cc1. The molecule has 0 unspecified atom stereocenters. The van der Waals surface area contributed by atoms with E-state index in [-0.39, 0.29) is 5.91 Å². The van der Waals surface area contributed by atoms with E-state index in [1.54, 1.807) is 23.9 Å². The first-order chi connectivity index (χ1) is 12.2. The molecule has 1 heterocycles. The van der Waals surface area contributed by atoms with Gasteiger partial charge in [0.05, 0.1) is 13.7 Å². The summed E-state index contributed by atoms with van der Waals surface area (Å²) in [5.41, 5.74) is 2.08. The van der Waals surface area contributed by atoms with Crippen molar-refractivity contribution < 1.29 is 9.53 Å². The Bertz CT molecular complexity index is 852. The molecule has 0 aliphatic rings. The van der Waals surface area contributed by atoms with Gasteiger partial charge in [-0.1, -0.05) is 42.5 Å². The first kappa shape index (κ1) is 16.5. The molecule has 3 rings (SSSR count). The zero-order chi connectivity index (χ0) is 17.5. The smallest absolute Gasteiger partial charge is 0.249 e. The topological polar surface area (TPSA) is 56.1 Å². The third-order valence-electron chi connectivity index (χ3n) is 3.62. The standard InChI is InChI=1S/C20H19N3O2/c1-25-18-10-7-16(8-11-18)9-12-20(24)21-19-13-14-23(22-19)15-17-5-3-2-4-6-17/h2-14H,15H2,1H3,(H,21,22,24)/b12-9+. The summed E-state index contributed by atoms with van der Waals surface area (Å²) in [5.74, 6) is 1.09. The Morgan fingerprint density at radius 2 is 1.88 bits per heavy atom. The molecule has 0 saturated heterocycles. The predicted molar refractivity (Wildman–Crippen MR) is 98.4 cm³/mol. The van der Waals surface area contributed by atoms with Crippen molar-refractivity contribution in [2.45, 2.75) is 6.54 Å². The summed E-state index contributed by atoms with van der Waals surface area (Å²) in [4.78, 5) is 12.0. The second kappa shape index (κ2) is 7.97. The van der Waals surface area contributed by atoms with Crippen LogP contribution in [0.2, 0.25) is 0 Å². The zero-order valence-electron chi connectivity index (χ0n) is 13.9. The normalized spacial score (nSPS) is 10.8. The summed E-state index contributed by atoms with van der Waals surface area (Å²) in [5, 5.41) is 7.12. The molecule has 0 aliphatic carbocycles. The van der Waals surface area contributed by atoms with Crippen molar-refractivity contribution in [3.05, 3.63) is 84.1 Å². The van der Waals surface area contributed by atoms with Crippen LogP contribution < -0.4 is 10.1 Å². The lowest BCUT2D eigenvalue weighted by Gasteiger charge is -2.01. The van der Waals surface area contributed by atoms with Crippen molar-refractivity contribution in [3.8, 4) is 5.75 Å². The van der Waals surface area contributed by atoms with Crippen LogP contribution in [0.25, 0.3) is 6.08 Å². The Balaban J connectivity index is 1.56. The van der Waals surface area contributed by atoms with Crippen LogP contribution in [0.5, 0.6) is 5.75 Å². The summed E-state index contributed by atoms with van der Waals surface area (Å²) in [7, 11) is 1.62. The number of nitrogens with one attached hydrogen (secondary N) is 1. The summed E-state index contributed by atoms with van der Waals surface area (Å²) in [6, 6.07) is 19.3. The number of hydrogen-bond donors (Lipinski definition) is 1. The van der Waals surface area contributed by atoms with Crippen molar-refractivity contribution in [2.24, 2.45) is 0 Å². The fourth-order valence-corrected chi connectivity index (χ4v) is 2.34. The Hall–Kier alpha value is -3.34. The van der Waals surface area contributed by atoms with Crippen LogP contribution in [-0.4, -0.2) is 22.8 Å². The van der Waals surface area contributed by atoms with Crippen LogP contribution >= 0.6 is 0 Å². The van der Waals surface area contributed by atoms with Gasteiger partial charge >= 0.3 is 0 Å². The third-order valence-corrected chi connectivity index (χ3v) is 3.62. The minimum atomic E-state index is -0.222. The molecule has 0 spiro atoms. The molecule has 1 amide bonds. The van der Waals surface area contributed by atoms with E-state index < -0.39 is 0 Å². The van der Waals surface area contributed by atoms with E-state index in [0.717, 1.165) is 16.9 Å². The molecule has 0 atom stereocenters. The van der Waals surface area contributed by atoms with Gasteiger partial charge in [-0.25, -0.2) is 0 Å². The van der Waals surface area contributed by atoms with E-state index in [9.17, 15) is 4.79 Å². The van der Waals surface area contributed by atoms with Crippen molar-refractivity contribution in [1.29, 1.82) is 0 Å². The maximum Gasteiger partial charge on any atom is 0.249 e. The second-order valence-electron chi connectivity index (χ2n) is 5.48. The summed E-state index contributed by atoms with van der Waals surface area (Å²) < 4.78 is 6.89. The Labute approximate surface area is 146 Å². The van der Waals surface area contributed by atoms with Crippen molar-refractivity contribution in [1.82, 2.24) is 9.78 Å². The summed E-state index contributed by atoms with van der Waals surface area (Å²) in [6.07, 6.45) is 5.07. The lowest BCUT2D eigenvalue weighted by atomic mass is 10.2. The highest BCUT2D eigenvalue weighted by molar-refractivity contribution is 6.01. The molecule has 0 bridgehead atoms. The third kappa shape index (κ3) is 4.81. The van der Waals surface area contributed by atoms with Crippen LogP contribution in [0.3, 0.4) is 0 Å². The first-order valence-corrected chi connectivity index (χ1v) is 7.93. The Morgan fingerprint density at radius 3 is 2.60 bits per heavy atom. The van der Waals surface area contributed by atoms with Gasteiger partial charge < -0.3 is 10.1 Å². The molecule has 1 aromatic heterocycles. The van der Waals surface area contributed by atoms with E-state index in [1.807, 2.05) is 60.8 Å². The highest BCUT2D eigenvalue weighted by Gasteiger charge is 2.03. The minimum Gasteiger partial charge on any atom is -0.497 e. The van der Waals surface area contributed by atoms with Crippen molar-refractivity contribution in [2.75, 3.05) is 12.4 Å². The number of ether oxygens (including phenoxy) is 1. The molecule has 5 heteroatoms. The molecule has 0 saturated carbocycles. The van der Waals surface area contributed by atoms with Crippen LogP contribution in [0.1, 0.15) is 11.1 Å². The Kier molecular flexibility index (Phi) is 5.26. The number of hydrogen-bond acceptors (Lipinski definition) is 3. The minimum absolute atomic E-state index is 0.222. The van der Waals surface area contributed by atoms with Gasteiger partial charge in [0, 0.05) is 18.3 Å². The molecule has 3 aromatic rings. The molecule has 126 valence electrons. The number of benzene rings is 2. The van der Waals surface area contributed by atoms with Crippen molar-refractivity contribution in [3.63, 3.8) is 0 Å². The number of rotatable bonds is 6. The summed E-state index contributed by atoms with van der Waals surface area (Å²) >= 11 is 0. The van der Waals surface area contributed by atoms with Gasteiger partial charge in [0.25, 0.3) is 0 Å². The maximum absolute atomic E-state index is 12.0. The lowest BCUT2D eigenvalue weighted by Crippen LogP contribution is -2.09. The number of amides is 1. The highest BCUT2D eigenvalue weighted by atomic mass is 16.5. The van der Waals surface area contributed by atoms with Gasteiger partial charge in [-0.3, -0.25) is 9.48 Å². The van der Waals surface area contributed by atoms with E-state index in [2.05, 4.69) is 10.4 Å². The molecular formula is C20H19N3O2. The average molecular weight is 333 g/mol. The molecule has 0 aliphatic heterocycles. The molecule has 0 fully saturated rings. The molecule has 5 nitrogen and oxygen atoms in total. The van der Waals surface area contributed by atoms with Crippen LogP contribution in [-0.2, 0) is 11.3 Å². The number of carbonyl (C=O) groups excluding carboxylic acids is 1. The molecular weight excluding hydrogens is 314 g/mol. The van der Waals surface area contributed by atoms with Gasteiger partial charge in [-0.2, -0.15) is 5.10 Å².